The molecule has 3 aliphatic heterocycles. The van der Waals surface area contributed by atoms with E-state index in [9.17, 15) is 18.0 Å². The number of carbonyl (C=O) groups is 2. The fourth-order valence-electron chi connectivity index (χ4n) is 6.06. The first-order chi connectivity index (χ1) is 19.6. The number of ether oxygens (including phenoxy) is 3. The van der Waals surface area contributed by atoms with Crippen molar-refractivity contribution in [2.45, 2.75) is 42.1 Å². The Labute approximate surface area is 239 Å². The summed E-state index contributed by atoms with van der Waals surface area (Å²) in [5.74, 6) is 0.754. The Morgan fingerprint density at radius 3 is 2.37 bits per heavy atom. The Hall–Kier alpha value is -3.13. The molecule has 220 valence electrons. The average Bonchev–Trinajstić information content (AvgIpc) is 3.68. The smallest absolute Gasteiger partial charge is 0.272 e. The highest BCUT2D eigenvalue weighted by Gasteiger charge is 2.55. The van der Waals surface area contributed by atoms with E-state index >= 15 is 0 Å². The van der Waals surface area contributed by atoms with Crippen LogP contribution < -0.4 is 9.88 Å². The van der Waals surface area contributed by atoms with Gasteiger partial charge in [-0.1, -0.05) is 0 Å². The van der Waals surface area contributed by atoms with E-state index in [1.165, 1.54) is 12.1 Å². The quantitative estimate of drug-likeness (QED) is 0.484. The maximum absolute atomic E-state index is 13.8. The van der Waals surface area contributed by atoms with Gasteiger partial charge in [0.05, 0.1) is 19.7 Å². The standard InChI is InChI=1S/C28H35N5O7S/c1-38-28-16-32(13-21(28)14-33(17-28)27(35)23-5-4-22(12-30-23)41(29,36)37)26(34)20-10-24(19-2-3-19)31-25(11-20)40-15-18-6-8-39-9-7-18/h4-5,10-12,18-19,21H,2-3,6-9,13-17H2,1H3,(H2,29,36,37). The summed E-state index contributed by atoms with van der Waals surface area (Å²) in [4.78, 5) is 38.9. The number of hydrogen-bond donors (Lipinski definition) is 1. The first-order valence-electron chi connectivity index (χ1n) is 14.0. The number of hydrogen-bond acceptors (Lipinski definition) is 9. The van der Waals surface area contributed by atoms with Crippen LogP contribution in [0.4, 0.5) is 0 Å². The van der Waals surface area contributed by atoms with Crippen LogP contribution in [0.3, 0.4) is 0 Å². The molecular weight excluding hydrogens is 550 g/mol. The molecule has 3 saturated heterocycles. The molecule has 2 unspecified atom stereocenters. The van der Waals surface area contributed by atoms with Crippen LogP contribution in [-0.2, 0) is 19.5 Å². The summed E-state index contributed by atoms with van der Waals surface area (Å²) in [6, 6.07) is 6.26. The van der Waals surface area contributed by atoms with Crippen molar-refractivity contribution in [1.82, 2.24) is 19.8 Å². The zero-order chi connectivity index (χ0) is 28.8. The number of primary sulfonamides is 1. The van der Waals surface area contributed by atoms with Gasteiger partial charge in [-0.25, -0.2) is 23.5 Å². The average molecular weight is 586 g/mol. The van der Waals surface area contributed by atoms with Gasteiger partial charge in [-0.3, -0.25) is 9.59 Å². The SMILES string of the molecule is COC12CN(C(=O)c3cc(OCC4CCOCC4)nc(C4CC4)c3)CC1CN(C(=O)c1ccc(S(N)(=O)=O)cn1)C2. The normalized spacial score (nSPS) is 24.9. The first kappa shape index (κ1) is 28.0. The largest absolute Gasteiger partial charge is 0.477 e. The van der Waals surface area contributed by atoms with Gasteiger partial charge < -0.3 is 24.0 Å². The monoisotopic (exact) mass is 585 g/mol. The molecule has 0 bridgehead atoms. The van der Waals surface area contributed by atoms with E-state index in [0.29, 0.717) is 56.1 Å². The number of rotatable bonds is 8. The van der Waals surface area contributed by atoms with Crippen molar-refractivity contribution >= 4 is 21.8 Å². The summed E-state index contributed by atoms with van der Waals surface area (Å²) in [7, 11) is -2.30. The van der Waals surface area contributed by atoms with Gasteiger partial charge in [0.1, 0.15) is 16.2 Å². The molecule has 0 radical (unpaired) electrons. The van der Waals surface area contributed by atoms with E-state index in [-0.39, 0.29) is 28.3 Å². The molecule has 2 N–H and O–H groups in total. The van der Waals surface area contributed by atoms with E-state index < -0.39 is 15.6 Å². The predicted molar refractivity (Wildman–Crippen MR) is 146 cm³/mol. The summed E-state index contributed by atoms with van der Waals surface area (Å²) in [5.41, 5.74) is 0.869. The number of nitrogens with two attached hydrogens (primary N) is 1. The summed E-state index contributed by atoms with van der Waals surface area (Å²) in [5, 5.41) is 5.14. The maximum atomic E-state index is 13.8. The molecular formula is C28H35N5O7S. The zero-order valence-electron chi connectivity index (χ0n) is 23.0. The van der Waals surface area contributed by atoms with Gasteiger partial charge >= 0.3 is 0 Å². The lowest BCUT2D eigenvalue weighted by Crippen LogP contribution is -2.44. The van der Waals surface area contributed by atoms with E-state index in [1.807, 2.05) is 6.07 Å². The third-order valence-electron chi connectivity index (χ3n) is 8.68. The third-order valence-corrected chi connectivity index (χ3v) is 9.58. The molecule has 0 spiro atoms. The molecule has 2 amide bonds. The number of nitrogens with zero attached hydrogens (tertiary/aromatic N) is 4. The van der Waals surface area contributed by atoms with Crippen molar-refractivity contribution in [2.75, 3.05) is 53.1 Å². The fourth-order valence-corrected chi connectivity index (χ4v) is 6.52. The van der Waals surface area contributed by atoms with Gasteiger partial charge in [0.25, 0.3) is 11.8 Å². The summed E-state index contributed by atoms with van der Waals surface area (Å²) >= 11 is 0. The van der Waals surface area contributed by atoms with Crippen LogP contribution in [0.2, 0.25) is 0 Å². The van der Waals surface area contributed by atoms with Crippen molar-refractivity contribution in [3.63, 3.8) is 0 Å². The van der Waals surface area contributed by atoms with Crippen molar-refractivity contribution in [3.05, 3.63) is 47.4 Å². The third kappa shape index (κ3) is 5.81. The number of sulfonamides is 1. The molecule has 1 saturated carbocycles. The van der Waals surface area contributed by atoms with E-state index in [4.69, 9.17) is 24.3 Å². The number of fused-ring (bicyclic) bond motifs is 1. The second-order valence-corrected chi connectivity index (χ2v) is 13.1. The van der Waals surface area contributed by atoms with Gasteiger partial charge in [-0.15, -0.1) is 0 Å². The lowest BCUT2D eigenvalue weighted by molar-refractivity contribution is -0.0111. The highest BCUT2D eigenvalue weighted by molar-refractivity contribution is 7.89. The number of likely N-dealkylation sites (tertiary alicyclic amines) is 2. The van der Waals surface area contributed by atoms with Crippen LogP contribution in [0.1, 0.15) is 58.1 Å². The predicted octanol–water partition coefficient (Wildman–Crippen LogP) is 1.42. The summed E-state index contributed by atoms with van der Waals surface area (Å²) < 4.78 is 40.5. The van der Waals surface area contributed by atoms with Crippen molar-refractivity contribution in [2.24, 2.45) is 17.0 Å². The Morgan fingerprint density at radius 1 is 1.07 bits per heavy atom. The minimum absolute atomic E-state index is 0.0851. The van der Waals surface area contributed by atoms with Crippen LogP contribution in [-0.4, -0.2) is 98.7 Å². The summed E-state index contributed by atoms with van der Waals surface area (Å²) in [6.07, 6.45) is 5.12. The molecule has 5 heterocycles. The second kappa shape index (κ2) is 10.9. The Kier molecular flexibility index (Phi) is 7.47. The van der Waals surface area contributed by atoms with Crippen LogP contribution in [0.5, 0.6) is 5.88 Å². The zero-order valence-corrected chi connectivity index (χ0v) is 23.8. The maximum Gasteiger partial charge on any atom is 0.272 e. The molecule has 0 aromatic carbocycles. The van der Waals surface area contributed by atoms with Crippen molar-refractivity contribution in [3.8, 4) is 5.88 Å². The molecule has 2 aromatic rings. The molecule has 2 atom stereocenters. The number of pyridine rings is 2. The highest BCUT2D eigenvalue weighted by Crippen LogP contribution is 2.41. The Bertz CT molecular complexity index is 1430. The molecule has 12 nitrogen and oxygen atoms in total. The lowest BCUT2D eigenvalue weighted by Gasteiger charge is -2.28. The Balaban J connectivity index is 1.14. The minimum atomic E-state index is -3.90. The lowest BCUT2D eigenvalue weighted by atomic mass is 9.95. The van der Waals surface area contributed by atoms with E-state index in [0.717, 1.165) is 50.8 Å². The molecule has 1 aliphatic carbocycles. The topological polar surface area (TPSA) is 154 Å². The van der Waals surface area contributed by atoms with Crippen LogP contribution in [0.25, 0.3) is 0 Å². The number of methoxy groups -OCH3 is 1. The molecule has 6 rings (SSSR count). The Morgan fingerprint density at radius 2 is 1.78 bits per heavy atom. The van der Waals surface area contributed by atoms with Gasteiger partial charge in [-0.05, 0) is 49.8 Å². The summed E-state index contributed by atoms with van der Waals surface area (Å²) in [6.45, 7) is 3.50. The molecule has 4 fully saturated rings. The minimum Gasteiger partial charge on any atom is -0.477 e. The van der Waals surface area contributed by atoms with Crippen molar-refractivity contribution < 1.29 is 32.2 Å². The van der Waals surface area contributed by atoms with Crippen molar-refractivity contribution in [1.29, 1.82) is 0 Å². The van der Waals surface area contributed by atoms with E-state index in [2.05, 4.69) is 4.98 Å². The van der Waals surface area contributed by atoms with Gasteiger partial charge in [0.15, 0.2) is 0 Å². The van der Waals surface area contributed by atoms with Gasteiger partial charge in [0, 0.05) is 68.8 Å². The molecule has 4 aliphatic rings. The van der Waals surface area contributed by atoms with E-state index in [1.54, 1.807) is 23.0 Å². The van der Waals surface area contributed by atoms with Crippen LogP contribution >= 0.6 is 0 Å². The second-order valence-electron chi connectivity index (χ2n) is 11.5. The van der Waals surface area contributed by atoms with Gasteiger partial charge in [-0.2, -0.15) is 0 Å². The molecule has 2 aromatic heterocycles. The van der Waals surface area contributed by atoms with Crippen LogP contribution in [0, 0.1) is 11.8 Å². The number of amides is 2. The highest BCUT2D eigenvalue weighted by atomic mass is 32.2. The first-order valence-corrected chi connectivity index (χ1v) is 15.5. The number of aromatic nitrogens is 2. The molecule has 13 heteroatoms. The fraction of sp³-hybridized carbons (Fsp3) is 0.571. The molecule has 41 heavy (non-hydrogen) atoms. The van der Waals surface area contributed by atoms with Gasteiger partial charge in [0.2, 0.25) is 15.9 Å². The van der Waals surface area contributed by atoms with Crippen LogP contribution in [0.15, 0.2) is 35.4 Å². The number of carbonyl (C=O) groups excluding carboxylic acids is 2.